The van der Waals surface area contributed by atoms with Gasteiger partial charge in [-0.05, 0) is 55.7 Å². The molecule has 0 aliphatic heterocycles. The summed E-state index contributed by atoms with van der Waals surface area (Å²) in [5, 5.41) is 2.80. The Bertz CT molecular complexity index is 899. The van der Waals surface area contributed by atoms with Crippen molar-refractivity contribution < 1.29 is 13.2 Å². The third-order valence-corrected chi connectivity index (χ3v) is 6.15. The number of carbonyl (C=O) groups is 1. The monoisotopic (exact) mass is 400 g/mol. The van der Waals surface area contributed by atoms with E-state index in [4.69, 9.17) is 0 Å². The molecule has 2 aromatic carbocycles. The average molecular weight is 401 g/mol. The fourth-order valence-corrected chi connectivity index (χ4v) is 4.43. The molecule has 0 fully saturated rings. The molecule has 2 rings (SSSR count). The molecule has 150 valence electrons. The van der Waals surface area contributed by atoms with Gasteiger partial charge in [-0.2, -0.15) is 4.31 Å². The van der Waals surface area contributed by atoms with Crippen LogP contribution in [0.1, 0.15) is 39.2 Å². The van der Waals surface area contributed by atoms with E-state index in [0.29, 0.717) is 24.4 Å². The van der Waals surface area contributed by atoms with Crippen LogP contribution in [0.4, 0.5) is 5.69 Å². The molecule has 0 aliphatic carbocycles. The lowest BCUT2D eigenvalue weighted by molar-refractivity contribution is -0.112. The number of hydrogen-bond acceptors (Lipinski definition) is 3. The van der Waals surface area contributed by atoms with E-state index >= 15 is 0 Å². The van der Waals surface area contributed by atoms with Crippen molar-refractivity contribution in [1.29, 1.82) is 0 Å². The molecule has 0 aliphatic rings. The fraction of sp³-hybridized carbons (Fsp3) is 0.318. The van der Waals surface area contributed by atoms with Gasteiger partial charge in [0.1, 0.15) is 0 Å². The summed E-state index contributed by atoms with van der Waals surface area (Å²) in [6.07, 6.45) is 3.34. The minimum atomic E-state index is -3.52. The van der Waals surface area contributed by atoms with E-state index in [1.54, 1.807) is 31.2 Å². The Balaban J connectivity index is 2.11. The molecule has 2 aromatic rings. The first kappa shape index (κ1) is 21.9. The van der Waals surface area contributed by atoms with Gasteiger partial charge in [0.2, 0.25) is 10.0 Å². The molecule has 0 unspecified atom stereocenters. The second-order valence-corrected chi connectivity index (χ2v) is 8.56. The van der Waals surface area contributed by atoms with Gasteiger partial charge in [-0.15, -0.1) is 0 Å². The van der Waals surface area contributed by atoms with Crippen LogP contribution < -0.4 is 5.32 Å². The molecule has 1 N–H and O–H groups in total. The number of nitrogens with one attached hydrogen (secondary N) is 1. The zero-order valence-electron chi connectivity index (χ0n) is 16.7. The van der Waals surface area contributed by atoms with E-state index in [1.165, 1.54) is 4.31 Å². The van der Waals surface area contributed by atoms with Crippen molar-refractivity contribution in [3.8, 4) is 0 Å². The van der Waals surface area contributed by atoms with E-state index in [1.807, 2.05) is 50.3 Å². The van der Waals surface area contributed by atoms with Crippen LogP contribution in [0.15, 0.2) is 65.1 Å². The number of benzene rings is 2. The second kappa shape index (κ2) is 10.2. The van der Waals surface area contributed by atoms with Crippen molar-refractivity contribution in [2.24, 2.45) is 0 Å². The summed E-state index contributed by atoms with van der Waals surface area (Å²) < 4.78 is 27.1. The van der Waals surface area contributed by atoms with Gasteiger partial charge >= 0.3 is 0 Å². The highest BCUT2D eigenvalue weighted by Crippen LogP contribution is 2.20. The van der Waals surface area contributed by atoms with Crippen LogP contribution in [-0.4, -0.2) is 31.7 Å². The SMILES string of the molecule is CCCN(CCC)S(=O)(=O)c1ccc(NC(=O)/C(C)=C/c2ccccc2)cc1. The molecule has 0 atom stereocenters. The largest absolute Gasteiger partial charge is 0.322 e. The lowest BCUT2D eigenvalue weighted by Crippen LogP contribution is -2.32. The zero-order valence-corrected chi connectivity index (χ0v) is 17.5. The molecular weight excluding hydrogens is 372 g/mol. The van der Waals surface area contributed by atoms with Crippen LogP contribution in [0.5, 0.6) is 0 Å². The van der Waals surface area contributed by atoms with Gasteiger partial charge in [0, 0.05) is 24.4 Å². The van der Waals surface area contributed by atoms with Crippen molar-refractivity contribution in [3.05, 3.63) is 65.7 Å². The van der Waals surface area contributed by atoms with Crippen LogP contribution in [0.2, 0.25) is 0 Å². The Morgan fingerprint density at radius 3 is 2.07 bits per heavy atom. The van der Waals surface area contributed by atoms with Gasteiger partial charge in [0.25, 0.3) is 5.91 Å². The van der Waals surface area contributed by atoms with Gasteiger partial charge in [-0.25, -0.2) is 8.42 Å². The van der Waals surface area contributed by atoms with Crippen molar-refractivity contribution in [1.82, 2.24) is 4.31 Å². The van der Waals surface area contributed by atoms with E-state index in [2.05, 4.69) is 5.32 Å². The molecule has 0 aromatic heterocycles. The molecule has 0 heterocycles. The number of anilines is 1. The fourth-order valence-electron chi connectivity index (χ4n) is 2.80. The molecule has 28 heavy (non-hydrogen) atoms. The van der Waals surface area contributed by atoms with E-state index in [9.17, 15) is 13.2 Å². The molecule has 6 heteroatoms. The predicted octanol–water partition coefficient (Wildman–Crippen LogP) is 4.54. The van der Waals surface area contributed by atoms with E-state index in [-0.39, 0.29) is 10.8 Å². The summed E-state index contributed by atoms with van der Waals surface area (Å²) >= 11 is 0. The normalized spacial score (nSPS) is 12.2. The minimum absolute atomic E-state index is 0.224. The van der Waals surface area contributed by atoms with Crippen molar-refractivity contribution in [2.75, 3.05) is 18.4 Å². The third-order valence-electron chi connectivity index (χ3n) is 4.24. The summed E-state index contributed by atoms with van der Waals surface area (Å²) in [5.41, 5.74) is 2.07. The molecular formula is C22H28N2O3S. The predicted molar refractivity (Wildman–Crippen MR) is 115 cm³/mol. The first-order valence-corrected chi connectivity index (χ1v) is 11.0. The quantitative estimate of drug-likeness (QED) is 0.629. The van der Waals surface area contributed by atoms with Gasteiger partial charge in [0.05, 0.1) is 4.90 Å². The Labute approximate surface area is 168 Å². The zero-order chi connectivity index (χ0) is 20.6. The first-order chi connectivity index (χ1) is 13.4. The van der Waals surface area contributed by atoms with Crippen LogP contribution in [0, 0.1) is 0 Å². The molecule has 0 saturated heterocycles. The summed E-state index contributed by atoms with van der Waals surface area (Å²) in [6, 6.07) is 15.9. The average Bonchev–Trinajstić information content (AvgIpc) is 2.69. The van der Waals surface area contributed by atoms with Gasteiger partial charge in [-0.3, -0.25) is 4.79 Å². The highest BCUT2D eigenvalue weighted by Gasteiger charge is 2.22. The number of rotatable bonds is 9. The first-order valence-electron chi connectivity index (χ1n) is 9.53. The lowest BCUT2D eigenvalue weighted by Gasteiger charge is -2.21. The van der Waals surface area contributed by atoms with Crippen LogP contribution in [-0.2, 0) is 14.8 Å². The number of carbonyl (C=O) groups excluding carboxylic acids is 1. The number of amides is 1. The molecule has 0 spiro atoms. The maximum absolute atomic E-state index is 12.8. The maximum Gasteiger partial charge on any atom is 0.251 e. The Kier molecular flexibility index (Phi) is 7.96. The Morgan fingerprint density at radius 1 is 0.964 bits per heavy atom. The topological polar surface area (TPSA) is 66.5 Å². The Morgan fingerprint density at radius 2 is 1.54 bits per heavy atom. The molecule has 5 nitrogen and oxygen atoms in total. The van der Waals surface area contributed by atoms with Crippen molar-refractivity contribution >= 4 is 27.7 Å². The molecule has 0 bridgehead atoms. The number of hydrogen-bond donors (Lipinski definition) is 1. The van der Waals surface area contributed by atoms with Crippen molar-refractivity contribution in [3.63, 3.8) is 0 Å². The highest BCUT2D eigenvalue weighted by molar-refractivity contribution is 7.89. The summed E-state index contributed by atoms with van der Waals surface area (Å²) in [7, 11) is -3.52. The van der Waals surface area contributed by atoms with Gasteiger partial charge in [-0.1, -0.05) is 44.2 Å². The smallest absolute Gasteiger partial charge is 0.251 e. The van der Waals surface area contributed by atoms with Crippen molar-refractivity contribution in [2.45, 2.75) is 38.5 Å². The Hall–Kier alpha value is -2.44. The minimum Gasteiger partial charge on any atom is -0.322 e. The third kappa shape index (κ3) is 5.78. The maximum atomic E-state index is 12.8. The molecule has 0 saturated carbocycles. The van der Waals surface area contributed by atoms with E-state index < -0.39 is 10.0 Å². The summed E-state index contributed by atoms with van der Waals surface area (Å²) in [6.45, 7) is 6.66. The summed E-state index contributed by atoms with van der Waals surface area (Å²) in [5.74, 6) is -0.224. The van der Waals surface area contributed by atoms with E-state index in [0.717, 1.165) is 18.4 Å². The van der Waals surface area contributed by atoms with Gasteiger partial charge in [0.15, 0.2) is 0 Å². The van der Waals surface area contributed by atoms with Gasteiger partial charge < -0.3 is 5.32 Å². The van der Waals surface area contributed by atoms with Crippen LogP contribution in [0.3, 0.4) is 0 Å². The highest BCUT2D eigenvalue weighted by atomic mass is 32.2. The standard InChI is InChI=1S/C22H28N2O3S/c1-4-15-24(16-5-2)28(26,27)21-13-11-20(12-14-21)23-22(25)18(3)17-19-9-7-6-8-10-19/h6-14,17H,4-5,15-16H2,1-3H3,(H,23,25)/b18-17+. The van der Waals surface area contributed by atoms with Crippen LogP contribution >= 0.6 is 0 Å². The summed E-state index contributed by atoms with van der Waals surface area (Å²) in [4.78, 5) is 12.6. The molecule has 0 radical (unpaired) electrons. The number of nitrogens with zero attached hydrogens (tertiary/aromatic N) is 1. The lowest BCUT2D eigenvalue weighted by atomic mass is 10.1. The second-order valence-electron chi connectivity index (χ2n) is 6.62. The molecule has 1 amide bonds. The number of sulfonamides is 1. The van der Waals surface area contributed by atoms with Crippen LogP contribution in [0.25, 0.3) is 6.08 Å².